The molecule has 1 aromatic carbocycles. The lowest BCUT2D eigenvalue weighted by molar-refractivity contribution is -0.145. The van der Waals surface area contributed by atoms with Gasteiger partial charge in [0.2, 0.25) is 10.9 Å². The van der Waals surface area contributed by atoms with Crippen LogP contribution in [0.3, 0.4) is 0 Å². The number of nitrogens with two attached hydrogens (primary N) is 1. The van der Waals surface area contributed by atoms with Crippen LogP contribution < -0.4 is 10.0 Å². The van der Waals surface area contributed by atoms with Gasteiger partial charge in [-0.15, -0.1) is 0 Å². The molecule has 2 N–H and O–H groups in total. The summed E-state index contributed by atoms with van der Waals surface area (Å²) in [5.41, 5.74) is 4.25. The molecule has 0 saturated carbocycles. The van der Waals surface area contributed by atoms with Gasteiger partial charge in [0.1, 0.15) is 0 Å². The van der Waals surface area contributed by atoms with Crippen LogP contribution in [0, 0.1) is 0 Å². The van der Waals surface area contributed by atoms with E-state index in [-0.39, 0.29) is 0 Å². The second-order valence-corrected chi connectivity index (χ2v) is 4.40. The molecule has 0 radical (unpaired) electrons. The lowest BCUT2D eigenvalue weighted by atomic mass is 10.2. The number of hydrogen-bond donors (Lipinski definition) is 2. The third kappa shape index (κ3) is 2.75. The second-order valence-electron chi connectivity index (χ2n) is 3.52. The molecule has 0 aliphatic carbocycles. The van der Waals surface area contributed by atoms with Crippen LogP contribution >= 0.6 is 0 Å². The third-order valence-electron chi connectivity index (χ3n) is 2.20. The number of nitrogens with zero attached hydrogens (tertiary/aromatic N) is 1. The number of esters is 1. The highest BCUT2D eigenvalue weighted by Gasteiger charge is 2.38. The average Bonchev–Trinajstić information content (AvgIpc) is 2.28. The molecule has 6 nitrogen and oxygen atoms in total. The van der Waals surface area contributed by atoms with Crippen LogP contribution in [-0.2, 0) is 20.4 Å². The van der Waals surface area contributed by atoms with E-state index in [9.17, 15) is 13.2 Å². The van der Waals surface area contributed by atoms with Gasteiger partial charge in [0.25, 0.3) is 0 Å². The Morgan fingerprint density at radius 2 is 1.88 bits per heavy atom. The predicted molar refractivity (Wildman–Crippen MR) is 63.8 cm³/mol. The Kier molecular flexibility index (Phi) is 4.08. The number of hydrogen-bond acceptors (Lipinski definition) is 5. The number of methoxy groups -OCH3 is 1. The van der Waals surface area contributed by atoms with Crippen LogP contribution in [0.5, 0.6) is 0 Å². The van der Waals surface area contributed by atoms with Crippen molar-refractivity contribution in [3.05, 3.63) is 30.3 Å². The molecule has 0 aliphatic rings. The van der Waals surface area contributed by atoms with Gasteiger partial charge in [-0.25, -0.2) is 17.5 Å². The molecule has 1 unspecified atom stereocenters. The van der Waals surface area contributed by atoms with Crippen LogP contribution in [0.2, 0.25) is 0 Å². The molecular weight excluding hydrogens is 244 g/mol. The van der Waals surface area contributed by atoms with Crippen molar-refractivity contribution in [2.75, 3.05) is 11.4 Å². The minimum Gasteiger partial charge on any atom is -0.466 e. The fourth-order valence-corrected chi connectivity index (χ4v) is 2.14. The molecule has 0 amide bonds. The zero-order valence-electron chi connectivity index (χ0n) is 9.49. The van der Waals surface area contributed by atoms with Crippen molar-refractivity contribution < 1.29 is 17.9 Å². The van der Waals surface area contributed by atoms with Gasteiger partial charge in [0.05, 0.1) is 12.8 Å². The van der Waals surface area contributed by atoms with E-state index in [1.165, 1.54) is 6.92 Å². The van der Waals surface area contributed by atoms with Crippen molar-refractivity contribution in [2.24, 2.45) is 5.73 Å². The van der Waals surface area contributed by atoms with Gasteiger partial charge in [-0.1, -0.05) is 18.2 Å². The van der Waals surface area contributed by atoms with E-state index >= 15 is 0 Å². The molecule has 0 fully saturated rings. The van der Waals surface area contributed by atoms with Crippen molar-refractivity contribution in [2.45, 2.75) is 12.6 Å². The van der Waals surface area contributed by atoms with E-state index in [4.69, 9.17) is 5.73 Å². The first-order chi connectivity index (χ1) is 7.91. The number of benzene rings is 1. The van der Waals surface area contributed by atoms with Crippen molar-refractivity contribution in [3.8, 4) is 0 Å². The molecule has 0 bridgehead atoms. The summed E-state index contributed by atoms with van der Waals surface area (Å²) in [6, 6.07) is 8.10. The van der Waals surface area contributed by atoms with E-state index in [0.29, 0.717) is 5.69 Å². The fraction of sp³-hybridized carbons (Fsp3) is 0.300. The summed E-state index contributed by atoms with van der Waals surface area (Å²) in [4.78, 5) is 11.5. The maximum atomic E-state index is 11.5. The number of thiol groups is 1. The Balaban J connectivity index is 3.24. The van der Waals surface area contributed by atoms with Gasteiger partial charge in [-0.05, 0) is 19.1 Å². The van der Waals surface area contributed by atoms with Gasteiger partial charge < -0.3 is 4.74 Å². The first-order valence-corrected chi connectivity index (χ1v) is 5.91. The number of carbonyl (C=O) groups excluding carboxylic acids is 1. The van der Waals surface area contributed by atoms with Gasteiger partial charge in [-0.3, -0.25) is 5.73 Å². The van der Waals surface area contributed by atoms with Crippen LogP contribution in [0.4, 0.5) is 5.69 Å². The van der Waals surface area contributed by atoms with Crippen molar-refractivity contribution >= 4 is 22.5 Å². The van der Waals surface area contributed by atoms with Gasteiger partial charge >= 0.3 is 5.97 Å². The lowest BCUT2D eigenvalue weighted by Crippen LogP contribution is -2.59. The zero-order valence-corrected chi connectivity index (χ0v) is 10.4. The molecule has 0 heterocycles. The summed E-state index contributed by atoms with van der Waals surface area (Å²) in [6.07, 6.45) is 0. The van der Waals surface area contributed by atoms with E-state index in [1.807, 2.05) is 0 Å². The first-order valence-electron chi connectivity index (χ1n) is 4.78. The maximum absolute atomic E-state index is 11.5. The molecule has 0 aliphatic heterocycles. The monoisotopic (exact) mass is 258 g/mol. The summed E-state index contributed by atoms with van der Waals surface area (Å²) >= 11 is 0. The summed E-state index contributed by atoms with van der Waals surface area (Å²) < 4.78 is 27.8. The fourth-order valence-electron chi connectivity index (χ4n) is 1.39. The summed E-state index contributed by atoms with van der Waals surface area (Å²) in [7, 11) is -1.91. The Morgan fingerprint density at radius 1 is 1.35 bits per heavy atom. The largest absolute Gasteiger partial charge is 0.466 e. The predicted octanol–water partition coefficient (Wildman–Crippen LogP) is -0.133. The van der Waals surface area contributed by atoms with Crippen LogP contribution in [0.25, 0.3) is 0 Å². The molecule has 94 valence electrons. The molecule has 0 saturated heterocycles. The standard InChI is InChI=1S/C10H14N2O4S/c1-10(11,9(13)16-2)12(17(14)15)8-6-4-3-5-7-8/h3-7,17H,11H2,1-2H3. The Morgan fingerprint density at radius 3 is 2.29 bits per heavy atom. The van der Waals surface area contributed by atoms with Gasteiger partial charge in [0.15, 0.2) is 5.66 Å². The highest BCUT2D eigenvalue weighted by atomic mass is 32.2. The zero-order chi connectivity index (χ0) is 13.1. The SMILES string of the molecule is COC(=O)C(C)(N)N(c1ccccc1)[SH](=O)=O. The quantitative estimate of drug-likeness (QED) is 0.446. The number of ether oxygens (including phenoxy) is 1. The molecule has 7 heteroatoms. The number of rotatable bonds is 4. The Hall–Kier alpha value is -1.60. The summed E-state index contributed by atoms with van der Waals surface area (Å²) in [6.45, 7) is 1.27. The Labute approximate surface area is 101 Å². The molecule has 0 spiro atoms. The van der Waals surface area contributed by atoms with Crippen molar-refractivity contribution in [3.63, 3.8) is 0 Å². The minimum absolute atomic E-state index is 0.305. The molecule has 0 aromatic heterocycles. The minimum atomic E-state index is -3.06. The first kappa shape index (κ1) is 13.5. The van der Waals surface area contributed by atoms with Crippen molar-refractivity contribution in [1.29, 1.82) is 0 Å². The normalized spacial score (nSPS) is 14.1. The summed E-state index contributed by atoms with van der Waals surface area (Å²) in [5.74, 6) is -0.833. The highest BCUT2D eigenvalue weighted by Crippen LogP contribution is 2.21. The number of carbonyl (C=O) groups is 1. The molecule has 17 heavy (non-hydrogen) atoms. The molecule has 1 aromatic rings. The maximum Gasteiger partial charge on any atom is 0.347 e. The van der Waals surface area contributed by atoms with Gasteiger partial charge in [0, 0.05) is 0 Å². The van der Waals surface area contributed by atoms with Crippen LogP contribution in [-0.4, -0.2) is 27.2 Å². The van der Waals surface area contributed by atoms with Crippen LogP contribution in [0.15, 0.2) is 30.3 Å². The van der Waals surface area contributed by atoms with E-state index in [1.54, 1.807) is 30.3 Å². The van der Waals surface area contributed by atoms with Gasteiger partial charge in [-0.2, -0.15) is 0 Å². The highest BCUT2D eigenvalue weighted by molar-refractivity contribution is 7.74. The smallest absolute Gasteiger partial charge is 0.347 e. The van der Waals surface area contributed by atoms with E-state index in [0.717, 1.165) is 11.4 Å². The lowest BCUT2D eigenvalue weighted by Gasteiger charge is -2.32. The van der Waals surface area contributed by atoms with E-state index in [2.05, 4.69) is 4.74 Å². The third-order valence-corrected chi connectivity index (χ3v) is 3.18. The second kappa shape index (κ2) is 5.15. The van der Waals surface area contributed by atoms with E-state index < -0.39 is 22.5 Å². The molecular formula is C10H14N2O4S. The average molecular weight is 258 g/mol. The van der Waals surface area contributed by atoms with Crippen molar-refractivity contribution in [1.82, 2.24) is 0 Å². The Bertz CT molecular complexity index is 462. The number of para-hydroxylation sites is 1. The van der Waals surface area contributed by atoms with Crippen LogP contribution in [0.1, 0.15) is 6.92 Å². The topological polar surface area (TPSA) is 89.7 Å². The molecule has 1 rings (SSSR count). The summed E-state index contributed by atoms with van der Waals surface area (Å²) in [5, 5.41) is 0. The number of anilines is 1. The molecule has 1 atom stereocenters.